The Labute approximate surface area is 178 Å². The molecule has 1 N–H and O–H groups in total. The SMILES string of the molecule is Cc1c(CCC(C)C)c(NC(C)c2ccccc2)n2c(nc3ccccc32)c1C#N. The molecule has 0 spiro atoms. The summed E-state index contributed by atoms with van der Waals surface area (Å²) in [5.74, 6) is 1.64. The van der Waals surface area contributed by atoms with Crippen LogP contribution in [-0.2, 0) is 6.42 Å². The minimum atomic E-state index is 0.126. The van der Waals surface area contributed by atoms with Crippen molar-refractivity contribution in [2.24, 2.45) is 5.92 Å². The van der Waals surface area contributed by atoms with Crippen LogP contribution in [0.3, 0.4) is 0 Å². The lowest BCUT2D eigenvalue weighted by Crippen LogP contribution is -2.15. The van der Waals surface area contributed by atoms with Crippen molar-refractivity contribution in [3.8, 4) is 6.07 Å². The highest BCUT2D eigenvalue weighted by atomic mass is 15.1. The Hall–Kier alpha value is -3.32. The Morgan fingerprint density at radius 1 is 1.03 bits per heavy atom. The molecule has 0 fully saturated rings. The summed E-state index contributed by atoms with van der Waals surface area (Å²) in [6.45, 7) is 8.72. The van der Waals surface area contributed by atoms with E-state index >= 15 is 0 Å². The van der Waals surface area contributed by atoms with Gasteiger partial charge in [-0.2, -0.15) is 5.26 Å². The van der Waals surface area contributed by atoms with Crippen molar-refractivity contribution in [1.82, 2.24) is 9.38 Å². The van der Waals surface area contributed by atoms with Crippen LogP contribution < -0.4 is 5.32 Å². The fourth-order valence-electron chi connectivity index (χ4n) is 4.11. The van der Waals surface area contributed by atoms with Crippen molar-refractivity contribution in [2.75, 3.05) is 5.32 Å². The van der Waals surface area contributed by atoms with Gasteiger partial charge in [-0.3, -0.25) is 4.40 Å². The van der Waals surface area contributed by atoms with Crippen LogP contribution in [0, 0.1) is 24.2 Å². The van der Waals surface area contributed by atoms with Crippen molar-refractivity contribution < 1.29 is 0 Å². The highest BCUT2D eigenvalue weighted by Crippen LogP contribution is 2.34. The molecule has 4 rings (SSSR count). The molecule has 2 heterocycles. The Morgan fingerprint density at radius 3 is 2.43 bits per heavy atom. The van der Waals surface area contributed by atoms with E-state index in [4.69, 9.17) is 4.98 Å². The molecule has 0 aliphatic heterocycles. The molecule has 0 aliphatic rings. The first-order valence-electron chi connectivity index (χ1n) is 10.7. The van der Waals surface area contributed by atoms with Crippen molar-refractivity contribution in [3.63, 3.8) is 0 Å². The van der Waals surface area contributed by atoms with E-state index in [0.717, 1.165) is 40.9 Å². The van der Waals surface area contributed by atoms with Gasteiger partial charge in [-0.1, -0.05) is 56.3 Å². The van der Waals surface area contributed by atoms with Gasteiger partial charge in [0.1, 0.15) is 11.9 Å². The van der Waals surface area contributed by atoms with Gasteiger partial charge >= 0.3 is 0 Å². The maximum absolute atomic E-state index is 9.97. The largest absolute Gasteiger partial charge is 0.364 e. The zero-order valence-corrected chi connectivity index (χ0v) is 18.1. The Kier molecular flexibility index (Phi) is 5.46. The number of nitrogens with zero attached hydrogens (tertiary/aromatic N) is 3. The number of nitriles is 1. The highest BCUT2D eigenvalue weighted by molar-refractivity contribution is 5.86. The highest BCUT2D eigenvalue weighted by Gasteiger charge is 2.22. The molecular formula is C26H28N4. The van der Waals surface area contributed by atoms with E-state index in [2.05, 4.69) is 73.8 Å². The van der Waals surface area contributed by atoms with Gasteiger partial charge in [0.25, 0.3) is 0 Å². The number of aromatic nitrogens is 2. The second-order valence-electron chi connectivity index (χ2n) is 8.41. The monoisotopic (exact) mass is 396 g/mol. The Morgan fingerprint density at radius 2 is 1.73 bits per heavy atom. The zero-order chi connectivity index (χ0) is 21.3. The lowest BCUT2D eigenvalue weighted by atomic mass is 9.96. The summed E-state index contributed by atoms with van der Waals surface area (Å²) in [7, 11) is 0. The minimum Gasteiger partial charge on any atom is -0.364 e. The van der Waals surface area contributed by atoms with E-state index in [9.17, 15) is 5.26 Å². The molecular weight excluding hydrogens is 368 g/mol. The molecule has 30 heavy (non-hydrogen) atoms. The first-order chi connectivity index (χ1) is 14.5. The summed E-state index contributed by atoms with van der Waals surface area (Å²) in [5.41, 5.74) is 6.80. The number of imidazole rings is 1. The third-order valence-electron chi connectivity index (χ3n) is 5.86. The molecule has 152 valence electrons. The molecule has 0 radical (unpaired) electrons. The van der Waals surface area contributed by atoms with Gasteiger partial charge in [0.15, 0.2) is 5.65 Å². The number of benzene rings is 2. The number of anilines is 1. The fraction of sp³-hybridized carbons (Fsp3) is 0.308. The number of hydrogen-bond acceptors (Lipinski definition) is 3. The molecule has 1 unspecified atom stereocenters. The number of rotatable bonds is 6. The fourth-order valence-corrected chi connectivity index (χ4v) is 4.11. The molecule has 0 bridgehead atoms. The first-order valence-corrected chi connectivity index (χ1v) is 10.7. The third kappa shape index (κ3) is 3.52. The summed E-state index contributed by atoms with van der Waals surface area (Å²) >= 11 is 0. The molecule has 4 heteroatoms. The topological polar surface area (TPSA) is 53.1 Å². The number of nitrogens with one attached hydrogen (secondary N) is 1. The second-order valence-corrected chi connectivity index (χ2v) is 8.41. The maximum Gasteiger partial charge on any atom is 0.157 e. The van der Waals surface area contributed by atoms with Crippen molar-refractivity contribution in [2.45, 2.75) is 46.6 Å². The quantitative estimate of drug-likeness (QED) is 0.408. The molecule has 4 nitrogen and oxygen atoms in total. The molecule has 1 atom stereocenters. The van der Waals surface area contributed by atoms with Crippen LogP contribution in [0.15, 0.2) is 54.6 Å². The van der Waals surface area contributed by atoms with Crippen molar-refractivity contribution >= 4 is 22.5 Å². The summed E-state index contributed by atoms with van der Waals surface area (Å²) in [5, 5.41) is 13.7. The average molecular weight is 397 g/mol. The van der Waals surface area contributed by atoms with Crippen LogP contribution in [0.25, 0.3) is 16.7 Å². The second kappa shape index (κ2) is 8.20. The summed E-state index contributed by atoms with van der Waals surface area (Å²) < 4.78 is 2.15. The van der Waals surface area contributed by atoms with Crippen LogP contribution in [0.4, 0.5) is 5.82 Å². The average Bonchev–Trinajstić information content (AvgIpc) is 3.13. The van der Waals surface area contributed by atoms with E-state index in [-0.39, 0.29) is 6.04 Å². The number of fused-ring (bicyclic) bond motifs is 3. The van der Waals surface area contributed by atoms with Gasteiger partial charge in [0.05, 0.1) is 16.6 Å². The normalized spacial score (nSPS) is 12.4. The van der Waals surface area contributed by atoms with Gasteiger partial charge < -0.3 is 5.32 Å². The zero-order valence-electron chi connectivity index (χ0n) is 18.1. The van der Waals surface area contributed by atoms with Gasteiger partial charge in [-0.25, -0.2) is 4.98 Å². The molecule has 0 saturated heterocycles. The van der Waals surface area contributed by atoms with Crippen molar-refractivity contribution in [3.05, 3.63) is 76.9 Å². The first kappa shape index (κ1) is 20.0. The molecule has 0 amide bonds. The van der Waals surface area contributed by atoms with Crippen molar-refractivity contribution in [1.29, 1.82) is 5.26 Å². The van der Waals surface area contributed by atoms with E-state index in [1.54, 1.807) is 0 Å². The minimum absolute atomic E-state index is 0.126. The Bertz CT molecular complexity index is 1230. The molecule has 0 aliphatic carbocycles. The summed E-state index contributed by atoms with van der Waals surface area (Å²) in [4.78, 5) is 4.82. The van der Waals surface area contributed by atoms with E-state index in [1.807, 2.05) is 24.3 Å². The van der Waals surface area contributed by atoms with Crippen LogP contribution in [-0.4, -0.2) is 9.38 Å². The van der Waals surface area contributed by atoms with Crippen LogP contribution in [0.1, 0.15) is 55.5 Å². The van der Waals surface area contributed by atoms with E-state index in [1.165, 1.54) is 11.1 Å². The summed E-state index contributed by atoms with van der Waals surface area (Å²) in [6.07, 6.45) is 1.99. The van der Waals surface area contributed by atoms with Gasteiger partial charge in [-0.15, -0.1) is 0 Å². The number of hydrogen-bond donors (Lipinski definition) is 1. The van der Waals surface area contributed by atoms with Gasteiger partial charge in [-0.05, 0) is 61.4 Å². The molecule has 0 saturated carbocycles. The molecule has 2 aromatic carbocycles. The number of pyridine rings is 1. The Balaban J connectivity index is 1.98. The van der Waals surface area contributed by atoms with Crippen LogP contribution in [0.5, 0.6) is 0 Å². The third-order valence-corrected chi connectivity index (χ3v) is 5.86. The maximum atomic E-state index is 9.97. The molecule has 2 aromatic heterocycles. The van der Waals surface area contributed by atoms with Gasteiger partial charge in [0, 0.05) is 6.04 Å². The predicted molar refractivity (Wildman–Crippen MR) is 124 cm³/mol. The summed E-state index contributed by atoms with van der Waals surface area (Å²) in [6, 6.07) is 21.1. The van der Waals surface area contributed by atoms with E-state index < -0.39 is 0 Å². The van der Waals surface area contributed by atoms with Gasteiger partial charge in [0.2, 0.25) is 0 Å². The smallest absolute Gasteiger partial charge is 0.157 e. The van der Waals surface area contributed by atoms with E-state index in [0.29, 0.717) is 11.5 Å². The lowest BCUT2D eigenvalue weighted by molar-refractivity contribution is 0.585. The standard InChI is InChI=1S/C26H28N4/c1-17(2)14-15-21-18(3)22(16-27)26-29-23-12-8-9-13-24(23)30(26)25(21)28-19(4)20-10-6-5-7-11-20/h5-13,17,19,28H,14-15H2,1-4H3. The lowest BCUT2D eigenvalue weighted by Gasteiger charge is -2.23. The van der Waals surface area contributed by atoms with Crippen LogP contribution >= 0.6 is 0 Å². The molecule has 4 aromatic rings. The van der Waals surface area contributed by atoms with Crippen LogP contribution in [0.2, 0.25) is 0 Å². The number of para-hydroxylation sites is 2. The predicted octanol–water partition coefficient (Wildman–Crippen LogP) is 6.43.